The Labute approximate surface area is 167 Å². The molecule has 154 valence electrons. The third kappa shape index (κ3) is 4.09. The number of rotatable bonds is 8. The van der Waals surface area contributed by atoms with E-state index in [-0.39, 0.29) is 24.0 Å². The lowest BCUT2D eigenvalue weighted by molar-refractivity contribution is -0.136. The van der Waals surface area contributed by atoms with Crippen molar-refractivity contribution in [2.24, 2.45) is 0 Å². The summed E-state index contributed by atoms with van der Waals surface area (Å²) in [6.45, 7) is 4.01. The number of piperidine rings is 1. The van der Waals surface area contributed by atoms with Crippen molar-refractivity contribution in [1.82, 2.24) is 15.1 Å². The van der Waals surface area contributed by atoms with Gasteiger partial charge in [0.1, 0.15) is 6.04 Å². The maximum atomic E-state index is 13.1. The fraction of sp³-hybridized carbons (Fsp3) is 0.619. The number of imide groups is 1. The number of carbonyl (C=O) groups excluding carboxylic acids is 2. The van der Waals surface area contributed by atoms with E-state index in [4.69, 9.17) is 9.47 Å². The number of amides is 3. The summed E-state index contributed by atoms with van der Waals surface area (Å²) >= 11 is 0. The number of hydrogen-bond acceptors (Lipinski definition) is 5. The number of carbonyl (C=O) groups is 2. The van der Waals surface area contributed by atoms with Crippen LogP contribution in [0.25, 0.3) is 0 Å². The number of ether oxygens (including phenoxy) is 2. The van der Waals surface area contributed by atoms with Crippen molar-refractivity contribution < 1.29 is 19.1 Å². The van der Waals surface area contributed by atoms with Gasteiger partial charge in [0.05, 0.1) is 20.3 Å². The summed E-state index contributed by atoms with van der Waals surface area (Å²) in [5, 5.41) is 3.34. The molecule has 0 aliphatic carbocycles. The minimum Gasteiger partial charge on any atom is -0.493 e. The number of hydrogen-bond donors (Lipinski definition) is 1. The first-order chi connectivity index (χ1) is 13.6. The number of fused-ring (bicyclic) bond motifs is 1. The van der Waals surface area contributed by atoms with E-state index in [1.165, 1.54) is 4.90 Å². The van der Waals surface area contributed by atoms with Crippen LogP contribution >= 0.6 is 0 Å². The van der Waals surface area contributed by atoms with Crippen LogP contribution < -0.4 is 14.8 Å². The van der Waals surface area contributed by atoms with Gasteiger partial charge in [0.15, 0.2) is 11.5 Å². The Bertz CT molecular complexity index is 709. The lowest BCUT2D eigenvalue weighted by Crippen LogP contribution is -2.69. The van der Waals surface area contributed by atoms with E-state index < -0.39 is 0 Å². The molecule has 2 aliphatic rings. The molecule has 2 unspecified atom stereocenters. The molecular weight excluding hydrogens is 358 g/mol. The molecule has 1 aromatic carbocycles. The van der Waals surface area contributed by atoms with Crippen molar-refractivity contribution in [3.63, 3.8) is 0 Å². The first-order valence-corrected chi connectivity index (χ1v) is 10.2. The number of nitrogens with zero attached hydrogens (tertiary/aromatic N) is 2. The lowest BCUT2D eigenvalue weighted by atomic mass is 9.93. The maximum absolute atomic E-state index is 13.1. The zero-order valence-corrected chi connectivity index (χ0v) is 17.1. The molecule has 2 atom stereocenters. The van der Waals surface area contributed by atoms with Gasteiger partial charge in [-0.05, 0) is 49.9 Å². The zero-order valence-electron chi connectivity index (χ0n) is 17.1. The van der Waals surface area contributed by atoms with Crippen molar-refractivity contribution in [3.05, 3.63) is 23.8 Å². The number of benzene rings is 1. The Balaban J connectivity index is 1.74. The molecule has 2 aliphatic heterocycles. The summed E-state index contributed by atoms with van der Waals surface area (Å²) in [5.41, 5.74) is 0.997. The summed E-state index contributed by atoms with van der Waals surface area (Å²) in [7, 11) is 3.20. The van der Waals surface area contributed by atoms with E-state index in [1.807, 2.05) is 23.1 Å². The smallest absolute Gasteiger partial charge is 0.327 e. The van der Waals surface area contributed by atoms with E-state index in [2.05, 4.69) is 12.2 Å². The van der Waals surface area contributed by atoms with Crippen LogP contribution in [0.4, 0.5) is 4.79 Å². The van der Waals surface area contributed by atoms with E-state index in [1.54, 1.807) is 14.2 Å². The largest absolute Gasteiger partial charge is 0.493 e. The molecule has 2 saturated heterocycles. The van der Waals surface area contributed by atoms with E-state index in [0.717, 1.165) is 37.8 Å². The molecular formula is C21H31N3O4. The monoisotopic (exact) mass is 389 g/mol. The molecule has 0 saturated carbocycles. The highest BCUT2D eigenvalue weighted by atomic mass is 16.5. The molecule has 3 rings (SSSR count). The predicted molar refractivity (Wildman–Crippen MR) is 107 cm³/mol. The minimum atomic E-state index is -0.284. The van der Waals surface area contributed by atoms with Crippen molar-refractivity contribution >= 4 is 11.9 Å². The van der Waals surface area contributed by atoms with Gasteiger partial charge in [-0.15, -0.1) is 0 Å². The molecule has 7 heteroatoms. The van der Waals surface area contributed by atoms with Crippen LogP contribution in [0.1, 0.15) is 38.2 Å². The number of methoxy groups -OCH3 is 2. The van der Waals surface area contributed by atoms with Gasteiger partial charge in [-0.25, -0.2) is 4.79 Å². The second kappa shape index (κ2) is 9.28. The van der Waals surface area contributed by atoms with Crippen LogP contribution in [-0.4, -0.2) is 67.7 Å². The predicted octanol–water partition coefficient (Wildman–Crippen LogP) is 2.43. The molecule has 1 aromatic rings. The molecule has 0 bridgehead atoms. The van der Waals surface area contributed by atoms with Crippen LogP contribution in [-0.2, 0) is 11.2 Å². The fourth-order valence-electron chi connectivity index (χ4n) is 4.09. The second-order valence-corrected chi connectivity index (χ2v) is 7.40. The molecule has 1 N–H and O–H groups in total. The topological polar surface area (TPSA) is 71.1 Å². The molecule has 2 heterocycles. The van der Waals surface area contributed by atoms with Gasteiger partial charge in [-0.3, -0.25) is 9.69 Å². The van der Waals surface area contributed by atoms with Crippen molar-refractivity contribution in [2.75, 3.05) is 33.9 Å². The van der Waals surface area contributed by atoms with Gasteiger partial charge < -0.3 is 19.7 Å². The third-order valence-corrected chi connectivity index (χ3v) is 5.66. The molecule has 0 aromatic heterocycles. The summed E-state index contributed by atoms with van der Waals surface area (Å²) in [5.74, 6) is 1.22. The van der Waals surface area contributed by atoms with Crippen molar-refractivity contribution in [2.45, 2.75) is 51.1 Å². The quantitative estimate of drug-likeness (QED) is 0.739. The molecule has 0 spiro atoms. The summed E-state index contributed by atoms with van der Waals surface area (Å²) in [4.78, 5) is 29.4. The SMILES string of the molecule is CCCCN1C(=O)N(CCc2ccc(OC)c(OC)c2)C(=O)C2NCCCC21. The zero-order chi connectivity index (χ0) is 20.1. The van der Waals surface area contributed by atoms with Gasteiger partial charge in [0.2, 0.25) is 5.91 Å². The fourth-order valence-corrected chi connectivity index (χ4v) is 4.09. The number of urea groups is 1. The summed E-state index contributed by atoms with van der Waals surface area (Å²) < 4.78 is 10.6. The number of nitrogens with one attached hydrogen (secondary N) is 1. The minimum absolute atomic E-state index is 0.0161. The highest BCUT2D eigenvalue weighted by Crippen LogP contribution is 2.29. The Morgan fingerprint density at radius 1 is 1.14 bits per heavy atom. The van der Waals surface area contributed by atoms with Crippen LogP contribution in [0, 0.1) is 0 Å². The van der Waals surface area contributed by atoms with Gasteiger partial charge >= 0.3 is 6.03 Å². The van der Waals surface area contributed by atoms with Crippen LogP contribution in [0.15, 0.2) is 18.2 Å². The maximum Gasteiger partial charge on any atom is 0.327 e. The van der Waals surface area contributed by atoms with E-state index in [9.17, 15) is 9.59 Å². The molecule has 3 amide bonds. The average Bonchev–Trinajstić information content (AvgIpc) is 2.73. The Morgan fingerprint density at radius 2 is 1.93 bits per heavy atom. The first kappa shape index (κ1) is 20.5. The Kier molecular flexibility index (Phi) is 6.78. The summed E-state index contributed by atoms with van der Waals surface area (Å²) in [6, 6.07) is 5.24. The highest BCUT2D eigenvalue weighted by molar-refractivity contribution is 6.00. The van der Waals surface area contributed by atoms with Crippen LogP contribution in [0.5, 0.6) is 11.5 Å². The standard InChI is InChI=1S/C21H31N3O4/c1-4-5-12-23-16-7-6-11-22-19(16)20(25)24(21(23)26)13-10-15-8-9-17(27-2)18(14-15)28-3/h8-9,14,16,19,22H,4-7,10-13H2,1-3H3. The van der Waals surface area contributed by atoms with Crippen LogP contribution in [0.3, 0.4) is 0 Å². The first-order valence-electron chi connectivity index (χ1n) is 10.2. The van der Waals surface area contributed by atoms with Gasteiger partial charge in [-0.2, -0.15) is 0 Å². The second-order valence-electron chi connectivity index (χ2n) is 7.40. The van der Waals surface area contributed by atoms with E-state index >= 15 is 0 Å². The molecule has 2 fully saturated rings. The molecule has 0 radical (unpaired) electrons. The van der Waals surface area contributed by atoms with Gasteiger partial charge in [-0.1, -0.05) is 19.4 Å². The van der Waals surface area contributed by atoms with E-state index in [0.29, 0.717) is 31.0 Å². The molecule has 28 heavy (non-hydrogen) atoms. The van der Waals surface area contributed by atoms with Gasteiger partial charge in [0.25, 0.3) is 0 Å². The third-order valence-electron chi connectivity index (χ3n) is 5.66. The summed E-state index contributed by atoms with van der Waals surface area (Å²) in [6.07, 6.45) is 4.44. The van der Waals surface area contributed by atoms with Crippen molar-refractivity contribution in [3.8, 4) is 11.5 Å². The normalized spacial score (nSPS) is 22.2. The number of unbranched alkanes of at least 4 members (excludes halogenated alkanes) is 1. The lowest BCUT2D eigenvalue weighted by Gasteiger charge is -2.47. The Hall–Kier alpha value is -2.28. The van der Waals surface area contributed by atoms with Gasteiger partial charge in [0, 0.05) is 13.1 Å². The van der Waals surface area contributed by atoms with Crippen LogP contribution in [0.2, 0.25) is 0 Å². The highest BCUT2D eigenvalue weighted by Gasteiger charge is 2.46. The average molecular weight is 389 g/mol. The molecule has 7 nitrogen and oxygen atoms in total. The Morgan fingerprint density at radius 3 is 2.64 bits per heavy atom. The van der Waals surface area contributed by atoms with Crippen molar-refractivity contribution in [1.29, 1.82) is 0 Å².